The molecule has 11 nitrogen and oxygen atoms in total. The van der Waals surface area contributed by atoms with Gasteiger partial charge >= 0.3 is 11.7 Å². The van der Waals surface area contributed by atoms with Gasteiger partial charge in [-0.3, -0.25) is 19.2 Å². The molecule has 0 bridgehead atoms. The van der Waals surface area contributed by atoms with Crippen molar-refractivity contribution in [2.45, 2.75) is 4.90 Å². The van der Waals surface area contributed by atoms with E-state index >= 15 is 0 Å². The maximum Gasteiger partial charge on any atom is 0.344 e. The monoisotopic (exact) mass is 535 g/mol. The summed E-state index contributed by atoms with van der Waals surface area (Å²) in [4.78, 5) is 33.5. The molecule has 0 aliphatic heterocycles. The second kappa shape index (κ2) is 11.4. The molecule has 0 aliphatic carbocycles. The standard InChI is InChI=1S/C23H19F2N3O8S/c1-27(37(33,34)19-9-2-15(24)3-10-19)17-5-7-18(8-6-17)35-14-23(30)36-13-22(29)26-16-4-11-20(25)21(12-16)28(31)32/h2-12H,13-14H2,1H3,(H,26,29). The molecule has 0 unspecified atom stereocenters. The molecule has 1 amide bonds. The molecular formula is C23H19F2N3O8S. The molecule has 3 rings (SSSR count). The number of halogens is 2. The number of sulfonamides is 1. The van der Waals surface area contributed by atoms with E-state index in [9.17, 15) is 36.9 Å². The summed E-state index contributed by atoms with van der Waals surface area (Å²) < 4.78 is 62.8. The first-order valence-electron chi connectivity index (χ1n) is 10.3. The van der Waals surface area contributed by atoms with Gasteiger partial charge in [0.15, 0.2) is 13.2 Å². The van der Waals surface area contributed by atoms with Crippen LogP contribution in [0.15, 0.2) is 71.6 Å². The molecule has 0 heterocycles. The average molecular weight is 535 g/mol. The van der Waals surface area contributed by atoms with Crippen LogP contribution in [0.1, 0.15) is 0 Å². The van der Waals surface area contributed by atoms with Gasteiger partial charge < -0.3 is 14.8 Å². The lowest BCUT2D eigenvalue weighted by Gasteiger charge is -2.19. The van der Waals surface area contributed by atoms with E-state index < -0.39 is 57.4 Å². The number of hydrogen-bond acceptors (Lipinski definition) is 8. The Morgan fingerprint density at radius 1 is 1.00 bits per heavy atom. The fourth-order valence-corrected chi connectivity index (χ4v) is 4.11. The zero-order chi connectivity index (χ0) is 27.2. The summed E-state index contributed by atoms with van der Waals surface area (Å²) in [5, 5.41) is 13.0. The number of nitro benzene ring substituents is 1. The quantitative estimate of drug-likeness (QED) is 0.237. The van der Waals surface area contributed by atoms with Crippen LogP contribution in [0.2, 0.25) is 0 Å². The molecule has 0 aromatic heterocycles. The zero-order valence-corrected chi connectivity index (χ0v) is 19.9. The molecule has 0 aliphatic rings. The van der Waals surface area contributed by atoms with Crippen molar-refractivity contribution in [2.75, 3.05) is 29.9 Å². The van der Waals surface area contributed by atoms with Crippen LogP contribution in [0.3, 0.4) is 0 Å². The summed E-state index contributed by atoms with van der Waals surface area (Å²) in [5.41, 5.74) is -0.609. The Kier molecular flexibility index (Phi) is 8.34. The van der Waals surface area contributed by atoms with E-state index in [1.807, 2.05) is 0 Å². The number of benzene rings is 3. The van der Waals surface area contributed by atoms with Gasteiger partial charge in [0, 0.05) is 18.8 Å². The lowest BCUT2D eigenvalue weighted by molar-refractivity contribution is -0.387. The Morgan fingerprint density at radius 3 is 2.27 bits per heavy atom. The number of nitrogens with one attached hydrogen (secondary N) is 1. The van der Waals surface area contributed by atoms with Crippen molar-refractivity contribution in [1.29, 1.82) is 0 Å². The molecular weight excluding hydrogens is 516 g/mol. The van der Waals surface area contributed by atoms with Gasteiger partial charge in [0.25, 0.3) is 15.9 Å². The number of hydrogen-bond donors (Lipinski definition) is 1. The highest BCUT2D eigenvalue weighted by Crippen LogP contribution is 2.25. The van der Waals surface area contributed by atoms with E-state index in [1.165, 1.54) is 31.3 Å². The molecule has 3 aromatic rings. The second-order valence-corrected chi connectivity index (χ2v) is 9.31. The molecule has 0 radical (unpaired) electrons. The van der Waals surface area contributed by atoms with Gasteiger partial charge in [-0.05, 0) is 60.7 Å². The van der Waals surface area contributed by atoms with Crippen molar-refractivity contribution in [3.8, 4) is 5.75 Å². The topological polar surface area (TPSA) is 145 Å². The van der Waals surface area contributed by atoms with Crippen molar-refractivity contribution in [3.63, 3.8) is 0 Å². The smallest absolute Gasteiger partial charge is 0.344 e. The molecule has 1 N–H and O–H groups in total. The first kappa shape index (κ1) is 27.0. The maximum absolute atomic E-state index is 13.4. The summed E-state index contributed by atoms with van der Waals surface area (Å²) in [6.45, 7) is -1.29. The molecule has 0 spiro atoms. The average Bonchev–Trinajstić information content (AvgIpc) is 2.87. The number of amides is 1. The maximum atomic E-state index is 13.4. The van der Waals surface area contributed by atoms with Crippen molar-refractivity contribution in [2.24, 2.45) is 0 Å². The van der Waals surface area contributed by atoms with Gasteiger partial charge in [-0.25, -0.2) is 17.6 Å². The van der Waals surface area contributed by atoms with Gasteiger partial charge in [-0.2, -0.15) is 4.39 Å². The minimum Gasteiger partial charge on any atom is -0.482 e. The highest BCUT2D eigenvalue weighted by Gasteiger charge is 2.21. The Morgan fingerprint density at radius 2 is 1.65 bits per heavy atom. The molecule has 194 valence electrons. The Bertz CT molecular complexity index is 1410. The number of carbonyl (C=O) groups is 2. The summed E-state index contributed by atoms with van der Waals surface area (Å²) >= 11 is 0. The molecule has 14 heteroatoms. The van der Waals surface area contributed by atoms with Crippen LogP contribution in [0.4, 0.5) is 25.8 Å². The molecule has 0 saturated carbocycles. The molecule has 0 saturated heterocycles. The number of rotatable bonds is 10. The number of esters is 1. The SMILES string of the molecule is CN(c1ccc(OCC(=O)OCC(=O)Nc2ccc(F)c([N+](=O)[O-])c2)cc1)S(=O)(=O)c1ccc(F)cc1. The van der Waals surface area contributed by atoms with Crippen LogP contribution in [-0.4, -0.2) is 45.5 Å². The van der Waals surface area contributed by atoms with E-state index in [2.05, 4.69) is 5.32 Å². The van der Waals surface area contributed by atoms with Crippen LogP contribution < -0.4 is 14.4 Å². The number of ether oxygens (including phenoxy) is 2. The van der Waals surface area contributed by atoms with E-state index in [0.717, 1.165) is 46.8 Å². The van der Waals surface area contributed by atoms with Crippen molar-refractivity contribution in [3.05, 3.63) is 88.5 Å². The minimum atomic E-state index is -3.93. The van der Waals surface area contributed by atoms with Gasteiger partial charge in [0.1, 0.15) is 11.6 Å². The normalized spacial score (nSPS) is 10.9. The summed E-state index contributed by atoms with van der Waals surface area (Å²) in [6.07, 6.45) is 0. The van der Waals surface area contributed by atoms with Crippen LogP contribution in [0.5, 0.6) is 5.75 Å². The predicted molar refractivity (Wildman–Crippen MR) is 127 cm³/mol. The highest BCUT2D eigenvalue weighted by atomic mass is 32.2. The first-order chi connectivity index (χ1) is 17.5. The first-order valence-corrected chi connectivity index (χ1v) is 11.8. The lowest BCUT2D eigenvalue weighted by Crippen LogP contribution is -2.26. The Balaban J connectivity index is 1.49. The van der Waals surface area contributed by atoms with E-state index in [1.54, 1.807) is 0 Å². The number of anilines is 2. The second-order valence-electron chi connectivity index (χ2n) is 7.34. The highest BCUT2D eigenvalue weighted by molar-refractivity contribution is 7.92. The Hall–Kier alpha value is -4.59. The van der Waals surface area contributed by atoms with Gasteiger partial charge in [0.05, 0.1) is 15.5 Å². The number of carbonyl (C=O) groups excluding carboxylic acids is 2. The third-order valence-electron chi connectivity index (χ3n) is 4.82. The third kappa shape index (κ3) is 6.98. The summed E-state index contributed by atoms with van der Waals surface area (Å²) in [5.74, 6) is -3.15. The summed E-state index contributed by atoms with van der Waals surface area (Å²) in [6, 6.07) is 12.8. The largest absolute Gasteiger partial charge is 0.482 e. The predicted octanol–water partition coefficient (Wildman–Crippen LogP) is 3.26. The van der Waals surface area contributed by atoms with E-state index in [-0.39, 0.29) is 22.0 Å². The fraction of sp³-hybridized carbons (Fsp3) is 0.130. The fourth-order valence-electron chi connectivity index (χ4n) is 2.91. The lowest BCUT2D eigenvalue weighted by atomic mass is 10.2. The van der Waals surface area contributed by atoms with E-state index in [0.29, 0.717) is 0 Å². The number of nitrogens with zero attached hydrogens (tertiary/aromatic N) is 2. The van der Waals surface area contributed by atoms with Crippen LogP contribution in [-0.2, 0) is 24.3 Å². The van der Waals surface area contributed by atoms with Crippen LogP contribution in [0, 0.1) is 21.7 Å². The molecule has 0 atom stereocenters. The molecule has 0 fully saturated rings. The van der Waals surface area contributed by atoms with Crippen molar-refractivity contribution >= 4 is 39.0 Å². The molecule has 3 aromatic carbocycles. The van der Waals surface area contributed by atoms with Crippen LogP contribution >= 0.6 is 0 Å². The van der Waals surface area contributed by atoms with Gasteiger partial charge in [0.2, 0.25) is 5.82 Å². The molecule has 37 heavy (non-hydrogen) atoms. The van der Waals surface area contributed by atoms with E-state index in [4.69, 9.17) is 9.47 Å². The van der Waals surface area contributed by atoms with Crippen LogP contribution in [0.25, 0.3) is 0 Å². The van der Waals surface area contributed by atoms with Gasteiger partial charge in [-0.1, -0.05) is 0 Å². The third-order valence-corrected chi connectivity index (χ3v) is 6.62. The van der Waals surface area contributed by atoms with Crippen molar-refractivity contribution < 1.29 is 41.2 Å². The summed E-state index contributed by atoms with van der Waals surface area (Å²) in [7, 11) is -2.61. The van der Waals surface area contributed by atoms with Crippen molar-refractivity contribution in [1.82, 2.24) is 0 Å². The van der Waals surface area contributed by atoms with Gasteiger partial charge in [-0.15, -0.1) is 0 Å². The Labute approximate surface area is 209 Å². The zero-order valence-electron chi connectivity index (χ0n) is 19.1. The number of nitro groups is 1. The minimum absolute atomic E-state index is 0.0584.